The predicted molar refractivity (Wildman–Crippen MR) is 95.6 cm³/mol. The summed E-state index contributed by atoms with van der Waals surface area (Å²) in [5.41, 5.74) is 4.17. The lowest BCUT2D eigenvalue weighted by atomic mass is 10.0. The van der Waals surface area contributed by atoms with Gasteiger partial charge in [-0.15, -0.1) is 0 Å². The number of halogens is 1. The van der Waals surface area contributed by atoms with Crippen molar-refractivity contribution >= 4 is 29.2 Å². The highest BCUT2D eigenvalue weighted by Crippen LogP contribution is 2.22. The third kappa shape index (κ3) is 4.36. The second-order valence-electron chi connectivity index (χ2n) is 5.82. The van der Waals surface area contributed by atoms with E-state index in [-0.39, 0.29) is 5.91 Å². The molecule has 0 radical (unpaired) electrons. The van der Waals surface area contributed by atoms with E-state index in [2.05, 4.69) is 5.32 Å². The normalized spacial score (nSPS) is 11.7. The number of ether oxygens (including phenoxy) is 1. The lowest BCUT2D eigenvalue weighted by Gasteiger charge is -2.17. The molecule has 0 aromatic heterocycles. The third-order valence-corrected chi connectivity index (χ3v) is 3.91. The Balaban J connectivity index is 2.05. The third-order valence-electron chi connectivity index (χ3n) is 3.66. The van der Waals surface area contributed by atoms with Gasteiger partial charge in [-0.05, 0) is 63.1 Å². The maximum Gasteiger partial charge on any atom is 0.338 e. The topological polar surface area (TPSA) is 55.4 Å². The molecule has 1 N–H and O–H groups in total. The number of aryl methyl sites for hydroxylation is 3. The Morgan fingerprint density at radius 1 is 1.04 bits per heavy atom. The first-order valence-corrected chi connectivity index (χ1v) is 8.01. The zero-order chi connectivity index (χ0) is 17.9. The second kappa shape index (κ2) is 7.49. The Bertz CT molecular complexity index is 746. The van der Waals surface area contributed by atoms with Gasteiger partial charge < -0.3 is 10.1 Å². The summed E-state index contributed by atoms with van der Waals surface area (Å²) in [6.45, 7) is 7.41. The summed E-state index contributed by atoms with van der Waals surface area (Å²) in [4.78, 5) is 24.4. The number of nitrogens with one attached hydrogen (secondary N) is 1. The molecule has 0 bridgehead atoms. The fraction of sp³-hybridized carbons (Fsp3) is 0.263. The fourth-order valence-electron chi connectivity index (χ4n) is 2.47. The van der Waals surface area contributed by atoms with Gasteiger partial charge in [-0.3, -0.25) is 4.79 Å². The largest absolute Gasteiger partial charge is 0.449 e. The molecule has 0 aliphatic heterocycles. The molecular weight excluding hydrogens is 326 g/mol. The van der Waals surface area contributed by atoms with Crippen LogP contribution in [0.1, 0.15) is 34.0 Å². The highest BCUT2D eigenvalue weighted by molar-refractivity contribution is 6.30. The summed E-state index contributed by atoms with van der Waals surface area (Å²) < 4.78 is 5.22. The fourth-order valence-corrected chi connectivity index (χ4v) is 2.60. The van der Waals surface area contributed by atoms with Gasteiger partial charge in [0.2, 0.25) is 0 Å². The average molecular weight is 346 g/mol. The molecule has 1 amide bonds. The molecule has 0 heterocycles. The summed E-state index contributed by atoms with van der Waals surface area (Å²) in [5.74, 6) is -0.931. The van der Waals surface area contributed by atoms with E-state index in [1.165, 1.54) is 0 Å². The first-order chi connectivity index (χ1) is 11.3. The zero-order valence-corrected chi connectivity index (χ0v) is 14.9. The van der Waals surface area contributed by atoms with Crippen LogP contribution < -0.4 is 5.32 Å². The van der Waals surface area contributed by atoms with Crippen molar-refractivity contribution in [3.63, 3.8) is 0 Å². The number of benzene rings is 2. The van der Waals surface area contributed by atoms with Gasteiger partial charge in [-0.25, -0.2) is 4.79 Å². The van der Waals surface area contributed by atoms with Crippen LogP contribution in [0.25, 0.3) is 0 Å². The second-order valence-corrected chi connectivity index (χ2v) is 6.25. The molecule has 5 heteroatoms. The summed E-state index contributed by atoms with van der Waals surface area (Å²) in [7, 11) is 0. The number of hydrogen-bond acceptors (Lipinski definition) is 3. The Morgan fingerprint density at radius 2 is 1.58 bits per heavy atom. The molecule has 2 aromatic rings. The van der Waals surface area contributed by atoms with E-state index >= 15 is 0 Å². The number of hydrogen-bond donors (Lipinski definition) is 1. The lowest BCUT2D eigenvalue weighted by Crippen LogP contribution is -2.30. The minimum atomic E-state index is -0.909. The molecule has 0 aliphatic carbocycles. The standard InChI is InChI=1S/C19H20ClNO3/c1-11-9-12(2)17(13(3)10-11)21-18(22)14(4)24-19(23)15-5-7-16(20)8-6-15/h5-10,14H,1-4H3,(H,21,22)/t14-/m1/s1. The number of esters is 1. The van der Waals surface area contributed by atoms with Crippen LogP contribution in [-0.4, -0.2) is 18.0 Å². The highest BCUT2D eigenvalue weighted by Gasteiger charge is 2.20. The molecule has 2 rings (SSSR count). The molecule has 0 fully saturated rings. The van der Waals surface area contributed by atoms with E-state index in [9.17, 15) is 9.59 Å². The van der Waals surface area contributed by atoms with Crippen LogP contribution in [0.5, 0.6) is 0 Å². The van der Waals surface area contributed by atoms with Crippen molar-refractivity contribution in [2.24, 2.45) is 0 Å². The molecule has 1 atom stereocenters. The highest BCUT2D eigenvalue weighted by atomic mass is 35.5. The Kier molecular flexibility index (Phi) is 5.62. The van der Waals surface area contributed by atoms with Gasteiger partial charge >= 0.3 is 5.97 Å². The zero-order valence-electron chi connectivity index (χ0n) is 14.1. The monoisotopic (exact) mass is 345 g/mol. The van der Waals surface area contributed by atoms with Crippen LogP contribution in [0.4, 0.5) is 5.69 Å². The van der Waals surface area contributed by atoms with Crippen molar-refractivity contribution < 1.29 is 14.3 Å². The Hall–Kier alpha value is -2.33. The lowest BCUT2D eigenvalue weighted by molar-refractivity contribution is -0.123. The molecule has 24 heavy (non-hydrogen) atoms. The van der Waals surface area contributed by atoms with Gasteiger partial charge in [-0.2, -0.15) is 0 Å². The molecule has 0 aliphatic rings. The first-order valence-electron chi connectivity index (χ1n) is 7.63. The Labute approximate surface area is 146 Å². The van der Waals surface area contributed by atoms with E-state index in [4.69, 9.17) is 16.3 Å². The number of amides is 1. The van der Waals surface area contributed by atoms with E-state index in [1.54, 1.807) is 31.2 Å². The Morgan fingerprint density at radius 3 is 2.12 bits per heavy atom. The molecule has 126 valence electrons. The van der Waals surface area contributed by atoms with Crippen molar-refractivity contribution in [1.82, 2.24) is 0 Å². The quantitative estimate of drug-likeness (QED) is 0.833. The summed E-state index contributed by atoms with van der Waals surface area (Å²) >= 11 is 5.79. The first kappa shape index (κ1) is 18.0. The maximum atomic E-state index is 12.3. The van der Waals surface area contributed by atoms with Crippen LogP contribution >= 0.6 is 11.6 Å². The molecule has 2 aromatic carbocycles. The van der Waals surface area contributed by atoms with Gasteiger partial charge in [0.05, 0.1) is 5.56 Å². The molecular formula is C19H20ClNO3. The van der Waals surface area contributed by atoms with Gasteiger partial charge in [-0.1, -0.05) is 29.3 Å². The van der Waals surface area contributed by atoms with E-state index < -0.39 is 12.1 Å². The van der Waals surface area contributed by atoms with E-state index in [0.717, 1.165) is 22.4 Å². The van der Waals surface area contributed by atoms with Gasteiger partial charge in [0, 0.05) is 10.7 Å². The van der Waals surface area contributed by atoms with Gasteiger partial charge in [0.15, 0.2) is 6.10 Å². The van der Waals surface area contributed by atoms with Crippen molar-refractivity contribution in [1.29, 1.82) is 0 Å². The van der Waals surface area contributed by atoms with Crippen molar-refractivity contribution in [2.45, 2.75) is 33.8 Å². The number of anilines is 1. The van der Waals surface area contributed by atoms with Crippen molar-refractivity contribution in [3.8, 4) is 0 Å². The molecule has 0 saturated carbocycles. The SMILES string of the molecule is Cc1cc(C)c(NC(=O)[C@@H](C)OC(=O)c2ccc(Cl)cc2)c(C)c1. The molecule has 0 saturated heterocycles. The average Bonchev–Trinajstić information content (AvgIpc) is 2.51. The van der Waals surface area contributed by atoms with Gasteiger partial charge in [0.25, 0.3) is 5.91 Å². The van der Waals surface area contributed by atoms with Crippen molar-refractivity contribution in [2.75, 3.05) is 5.32 Å². The van der Waals surface area contributed by atoms with Crippen LogP contribution in [0, 0.1) is 20.8 Å². The van der Waals surface area contributed by atoms with Crippen LogP contribution in [0.2, 0.25) is 5.02 Å². The predicted octanol–water partition coefficient (Wildman–Crippen LogP) is 4.45. The van der Waals surface area contributed by atoms with Crippen LogP contribution in [0.15, 0.2) is 36.4 Å². The number of rotatable bonds is 4. The smallest absolute Gasteiger partial charge is 0.338 e. The van der Waals surface area contributed by atoms with Crippen LogP contribution in [-0.2, 0) is 9.53 Å². The van der Waals surface area contributed by atoms with E-state index in [0.29, 0.717) is 10.6 Å². The van der Waals surface area contributed by atoms with Crippen LogP contribution in [0.3, 0.4) is 0 Å². The van der Waals surface area contributed by atoms with Crippen molar-refractivity contribution in [3.05, 3.63) is 63.7 Å². The van der Waals surface area contributed by atoms with Gasteiger partial charge in [0.1, 0.15) is 0 Å². The number of carbonyl (C=O) groups is 2. The van der Waals surface area contributed by atoms with E-state index in [1.807, 2.05) is 32.9 Å². The minimum Gasteiger partial charge on any atom is -0.449 e. The summed E-state index contributed by atoms with van der Waals surface area (Å²) in [6.07, 6.45) is -0.909. The maximum absolute atomic E-state index is 12.3. The minimum absolute atomic E-state index is 0.349. The molecule has 4 nitrogen and oxygen atoms in total. The molecule has 0 unspecified atom stereocenters. The summed E-state index contributed by atoms with van der Waals surface area (Å²) in [5, 5.41) is 3.36. The number of carbonyl (C=O) groups excluding carboxylic acids is 2. The summed E-state index contributed by atoms with van der Waals surface area (Å²) in [6, 6.07) is 10.3. The molecule has 0 spiro atoms.